The molecule has 0 saturated carbocycles. The average Bonchev–Trinajstić information content (AvgIpc) is 3.31. The summed E-state index contributed by atoms with van der Waals surface area (Å²) < 4.78 is 0. The van der Waals surface area contributed by atoms with Crippen LogP contribution >= 0.6 is 0 Å². The average molecular weight is 595 g/mol. The van der Waals surface area contributed by atoms with E-state index in [1.54, 1.807) is 0 Å². The van der Waals surface area contributed by atoms with Crippen LogP contribution in [0.5, 0.6) is 0 Å². The lowest BCUT2D eigenvalue weighted by atomic mass is 9.84. The molecule has 2 aromatic carbocycles. The van der Waals surface area contributed by atoms with E-state index in [-0.39, 0.29) is 6.04 Å². The molecule has 0 N–H and O–H groups in total. The number of likely N-dealkylation sites (tertiary alicyclic amines) is 1. The van der Waals surface area contributed by atoms with Gasteiger partial charge in [-0.25, -0.2) is 0 Å². The highest BCUT2D eigenvalue weighted by Gasteiger charge is 2.33. The van der Waals surface area contributed by atoms with Crippen molar-refractivity contribution in [3.8, 4) is 0 Å². The van der Waals surface area contributed by atoms with Gasteiger partial charge in [0.1, 0.15) is 0 Å². The van der Waals surface area contributed by atoms with Crippen molar-refractivity contribution in [2.24, 2.45) is 5.92 Å². The van der Waals surface area contributed by atoms with Crippen LogP contribution in [0.1, 0.15) is 44.7 Å². The molecule has 2 unspecified atom stereocenters. The van der Waals surface area contributed by atoms with E-state index in [4.69, 9.17) is 0 Å². The highest BCUT2D eigenvalue weighted by Crippen LogP contribution is 2.40. The number of nitrogens with zero attached hydrogens (tertiary/aromatic N) is 2. The Hall–Kier alpha value is -4.82. The topological polar surface area (TPSA) is 6.48 Å². The molecule has 2 atom stereocenters. The number of anilines is 1. The Kier molecular flexibility index (Phi) is 13.9. The largest absolute Gasteiger partial charge is 0.345 e. The normalized spacial score (nSPS) is 21.5. The minimum Gasteiger partial charge on any atom is -0.345 e. The quantitative estimate of drug-likeness (QED) is 0.318. The molecule has 0 radical (unpaired) electrons. The van der Waals surface area contributed by atoms with Gasteiger partial charge in [0, 0.05) is 35.7 Å². The molecule has 5 rings (SSSR count). The Balaban J connectivity index is 0.000000261. The van der Waals surface area contributed by atoms with Gasteiger partial charge in [-0.3, -0.25) is 0 Å². The van der Waals surface area contributed by atoms with Gasteiger partial charge in [0.25, 0.3) is 0 Å². The van der Waals surface area contributed by atoms with E-state index in [1.807, 2.05) is 63.3 Å². The number of para-hydroxylation sites is 1. The molecular weight excluding hydrogens is 544 g/mol. The molecule has 2 bridgehead atoms. The summed E-state index contributed by atoms with van der Waals surface area (Å²) in [7, 11) is 2.07. The predicted octanol–water partition coefficient (Wildman–Crippen LogP) is 11.3. The molecule has 0 aromatic heterocycles. The second kappa shape index (κ2) is 18.1. The van der Waals surface area contributed by atoms with Crippen molar-refractivity contribution >= 4 is 11.3 Å². The first-order chi connectivity index (χ1) is 21.9. The lowest BCUT2D eigenvalue weighted by Gasteiger charge is -2.42. The van der Waals surface area contributed by atoms with Gasteiger partial charge in [0.15, 0.2) is 0 Å². The number of allylic oxidation sites excluding steroid dienone is 14. The zero-order valence-corrected chi connectivity index (χ0v) is 27.7. The van der Waals surface area contributed by atoms with Crippen molar-refractivity contribution in [3.05, 3.63) is 194 Å². The molecule has 0 spiro atoms. The van der Waals surface area contributed by atoms with Crippen LogP contribution in [0.3, 0.4) is 0 Å². The maximum Gasteiger partial charge on any atom is 0.0534 e. The van der Waals surface area contributed by atoms with E-state index >= 15 is 0 Å². The van der Waals surface area contributed by atoms with Crippen molar-refractivity contribution in [1.29, 1.82) is 0 Å². The van der Waals surface area contributed by atoms with E-state index in [9.17, 15) is 0 Å². The summed E-state index contributed by atoms with van der Waals surface area (Å²) in [4.78, 5) is 4.44. The summed E-state index contributed by atoms with van der Waals surface area (Å²) in [5.41, 5.74) is 9.06. The maximum absolute atomic E-state index is 4.40. The number of aryl methyl sites for hydroxylation is 1. The van der Waals surface area contributed by atoms with Gasteiger partial charge in [0.05, 0.1) is 6.04 Å². The summed E-state index contributed by atoms with van der Waals surface area (Å²) in [5.74, 6) is 0.363. The fourth-order valence-corrected chi connectivity index (χ4v) is 5.56. The highest BCUT2D eigenvalue weighted by molar-refractivity contribution is 5.75. The van der Waals surface area contributed by atoms with Crippen LogP contribution in [0, 0.1) is 5.92 Å². The molecule has 2 aromatic rings. The number of hydrogen-bond acceptors (Lipinski definition) is 2. The Morgan fingerprint density at radius 3 is 2.36 bits per heavy atom. The first kappa shape index (κ1) is 34.7. The lowest BCUT2D eigenvalue weighted by Crippen LogP contribution is -2.39. The van der Waals surface area contributed by atoms with Crippen LogP contribution in [0.25, 0.3) is 5.57 Å². The molecule has 45 heavy (non-hydrogen) atoms. The zero-order valence-electron chi connectivity index (χ0n) is 27.7. The van der Waals surface area contributed by atoms with Crippen LogP contribution in [0.2, 0.25) is 0 Å². The number of rotatable bonds is 5. The number of likely N-dealkylation sites (N-methyl/N-ethyl adjacent to an activating group) is 1. The fourth-order valence-electron chi connectivity index (χ4n) is 5.56. The number of fused-ring (bicyclic) bond motifs is 3. The van der Waals surface area contributed by atoms with Crippen LogP contribution in [0.15, 0.2) is 183 Å². The summed E-state index contributed by atoms with van der Waals surface area (Å²) in [6, 6.07) is 19.1. The number of hydrogen-bond donors (Lipinski definition) is 0. The predicted molar refractivity (Wildman–Crippen MR) is 200 cm³/mol. The minimum atomic E-state index is 0.262. The molecule has 0 amide bonds. The molecule has 232 valence electrons. The molecule has 2 heteroatoms. The third kappa shape index (κ3) is 9.33. The van der Waals surface area contributed by atoms with Crippen molar-refractivity contribution in [2.45, 2.75) is 46.1 Å². The first-order valence-electron chi connectivity index (χ1n) is 16.0. The van der Waals surface area contributed by atoms with E-state index in [0.29, 0.717) is 5.92 Å². The molecule has 2 heterocycles. The monoisotopic (exact) mass is 594 g/mol. The van der Waals surface area contributed by atoms with Crippen LogP contribution in [-0.4, -0.2) is 18.0 Å². The smallest absolute Gasteiger partial charge is 0.0534 e. The van der Waals surface area contributed by atoms with E-state index in [2.05, 4.69) is 134 Å². The van der Waals surface area contributed by atoms with Gasteiger partial charge in [-0.15, -0.1) is 0 Å². The third-order valence-electron chi connectivity index (χ3n) is 7.96. The Bertz CT molecular complexity index is 1540. The standard InChI is InChI=1S/C26H27N.C15H17N.C2H6/c1-5-7-17-26-21(4)24-15-11-12-16-25(19-24)27(26)20(3)18-22(6-2)23-13-9-8-10-14-23;1-13-9-5-3-4-6-10-14-11-7-8-12-15(14)16(13)2;1-2/h5-18,24-25H,2-4,19H2,1H3;3-5,7-9,11-12H,1,6,10H2,2H3;1-2H3/b7-5-,22-18+,26-17+;4-3-,9-5-;. The number of piperidine rings is 1. The van der Waals surface area contributed by atoms with E-state index in [1.165, 1.54) is 11.3 Å². The Morgan fingerprint density at radius 1 is 0.911 bits per heavy atom. The van der Waals surface area contributed by atoms with E-state index in [0.717, 1.165) is 53.1 Å². The van der Waals surface area contributed by atoms with Gasteiger partial charge in [0.2, 0.25) is 0 Å². The first-order valence-corrected chi connectivity index (χ1v) is 16.0. The van der Waals surface area contributed by atoms with Crippen molar-refractivity contribution in [2.75, 3.05) is 11.9 Å². The molecule has 2 nitrogen and oxygen atoms in total. The van der Waals surface area contributed by atoms with Gasteiger partial charge in [-0.05, 0) is 72.8 Å². The summed E-state index contributed by atoms with van der Waals surface area (Å²) in [6.07, 6.45) is 30.6. The molecule has 1 saturated heterocycles. The second-order valence-electron chi connectivity index (χ2n) is 10.8. The van der Waals surface area contributed by atoms with Crippen LogP contribution in [0.4, 0.5) is 5.69 Å². The molecule has 1 aliphatic carbocycles. The molecule has 3 aliphatic rings. The third-order valence-corrected chi connectivity index (χ3v) is 7.96. The van der Waals surface area contributed by atoms with E-state index < -0.39 is 0 Å². The maximum atomic E-state index is 4.40. The molecule has 2 aliphatic heterocycles. The SMILES string of the molecule is C=C/C(=C\C(=C)N1/C(=C/C=C\C)C(=C)C2C=CC=CC1C2)c1ccccc1.C=C1/C=C\C=C/CCc2ccccc2N1C.CC. The highest BCUT2D eigenvalue weighted by atomic mass is 15.2. The summed E-state index contributed by atoms with van der Waals surface area (Å²) in [6.45, 7) is 22.9. The fraction of sp³-hybridized carbons (Fsp3) is 0.209. The zero-order chi connectivity index (χ0) is 32.6. The number of benzene rings is 2. The van der Waals surface area contributed by atoms with Crippen molar-refractivity contribution in [1.82, 2.24) is 4.90 Å². The van der Waals surface area contributed by atoms with Gasteiger partial charge in [-0.2, -0.15) is 0 Å². The summed E-state index contributed by atoms with van der Waals surface area (Å²) >= 11 is 0. The van der Waals surface area contributed by atoms with Gasteiger partial charge in [-0.1, -0.05) is 149 Å². The lowest BCUT2D eigenvalue weighted by molar-refractivity contribution is 0.309. The molecule has 1 fully saturated rings. The van der Waals surface area contributed by atoms with Crippen LogP contribution in [-0.2, 0) is 6.42 Å². The van der Waals surface area contributed by atoms with Gasteiger partial charge < -0.3 is 9.80 Å². The van der Waals surface area contributed by atoms with Gasteiger partial charge >= 0.3 is 0 Å². The second-order valence-corrected chi connectivity index (χ2v) is 10.8. The Labute approximate surface area is 273 Å². The molecular formula is C43H50N2. The Morgan fingerprint density at radius 2 is 1.62 bits per heavy atom. The van der Waals surface area contributed by atoms with Crippen molar-refractivity contribution < 1.29 is 0 Å². The van der Waals surface area contributed by atoms with Crippen LogP contribution < -0.4 is 4.90 Å². The van der Waals surface area contributed by atoms with Crippen molar-refractivity contribution in [3.63, 3.8) is 0 Å². The summed E-state index contributed by atoms with van der Waals surface area (Å²) in [5, 5.41) is 0. The minimum absolute atomic E-state index is 0.262.